The molecule has 1 heterocycles. The number of rotatable bonds is 2. The minimum Gasteiger partial charge on any atom is -0.395 e. The lowest BCUT2D eigenvalue weighted by Crippen LogP contribution is -2.25. The van der Waals surface area contributed by atoms with Gasteiger partial charge in [-0.1, -0.05) is 30.3 Å². The molecule has 0 aliphatic carbocycles. The van der Waals surface area contributed by atoms with E-state index in [4.69, 9.17) is 5.73 Å². The average molecular weight is 263 g/mol. The number of fused-ring (bicyclic) bond motifs is 1. The van der Waals surface area contributed by atoms with E-state index < -0.39 is 6.29 Å². The number of hydrogen-bond acceptors (Lipinski definition) is 3. The van der Waals surface area contributed by atoms with E-state index in [0.717, 1.165) is 16.7 Å². The summed E-state index contributed by atoms with van der Waals surface area (Å²) >= 11 is 0. The van der Waals surface area contributed by atoms with Crippen molar-refractivity contribution in [1.29, 1.82) is 0 Å². The standard InChI is InChI=1S/C14H11F2NO2/c15-14(16)18-12-6-5-11(7-13(12)19-14)10-3-1-9(8-17)2-4-10/h1-7H,8,17H2. The van der Waals surface area contributed by atoms with Crippen LogP contribution in [0.4, 0.5) is 8.78 Å². The topological polar surface area (TPSA) is 44.5 Å². The van der Waals surface area contributed by atoms with Gasteiger partial charge in [0.1, 0.15) is 0 Å². The molecule has 0 bridgehead atoms. The largest absolute Gasteiger partial charge is 0.586 e. The highest BCUT2D eigenvalue weighted by molar-refractivity contribution is 5.67. The monoisotopic (exact) mass is 263 g/mol. The normalized spacial score (nSPS) is 15.5. The highest BCUT2D eigenvalue weighted by Crippen LogP contribution is 2.42. The fraction of sp³-hybridized carbons (Fsp3) is 0.143. The van der Waals surface area contributed by atoms with Crippen LogP contribution in [-0.2, 0) is 6.54 Å². The number of ether oxygens (including phenoxy) is 2. The molecule has 0 radical (unpaired) electrons. The van der Waals surface area contributed by atoms with Crippen LogP contribution in [0.3, 0.4) is 0 Å². The van der Waals surface area contributed by atoms with Gasteiger partial charge in [0.25, 0.3) is 0 Å². The first-order valence-corrected chi connectivity index (χ1v) is 5.77. The second-order valence-electron chi connectivity index (χ2n) is 4.23. The van der Waals surface area contributed by atoms with E-state index in [9.17, 15) is 8.78 Å². The Balaban J connectivity index is 1.95. The molecule has 5 heteroatoms. The third-order valence-electron chi connectivity index (χ3n) is 2.92. The molecule has 3 rings (SSSR count). The lowest BCUT2D eigenvalue weighted by Gasteiger charge is -2.05. The molecule has 3 nitrogen and oxygen atoms in total. The number of benzene rings is 2. The van der Waals surface area contributed by atoms with Gasteiger partial charge in [-0.2, -0.15) is 0 Å². The summed E-state index contributed by atoms with van der Waals surface area (Å²) in [5.41, 5.74) is 8.22. The van der Waals surface area contributed by atoms with Crippen molar-refractivity contribution in [3.63, 3.8) is 0 Å². The SMILES string of the molecule is NCc1ccc(-c2ccc3c(c2)OC(F)(F)O3)cc1. The van der Waals surface area contributed by atoms with E-state index in [-0.39, 0.29) is 11.5 Å². The van der Waals surface area contributed by atoms with Gasteiger partial charge in [-0.15, -0.1) is 8.78 Å². The van der Waals surface area contributed by atoms with Crippen molar-refractivity contribution >= 4 is 0 Å². The molecule has 2 aromatic rings. The first kappa shape index (κ1) is 11.9. The third-order valence-corrected chi connectivity index (χ3v) is 2.92. The van der Waals surface area contributed by atoms with Gasteiger partial charge in [0.15, 0.2) is 11.5 Å². The number of nitrogens with two attached hydrogens (primary N) is 1. The molecule has 1 aliphatic heterocycles. The summed E-state index contributed by atoms with van der Waals surface area (Å²) in [5, 5.41) is 0. The van der Waals surface area contributed by atoms with Crippen LogP contribution in [0.15, 0.2) is 42.5 Å². The highest BCUT2D eigenvalue weighted by Gasteiger charge is 2.43. The summed E-state index contributed by atoms with van der Waals surface area (Å²) in [7, 11) is 0. The maximum atomic E-state index is 12.9. The van der Waals surface area contributed by atoms with Crippen LogP contribution in [-0.4, -0.2) is 6.29 Å². The van der Waals surface area contributed by atoms with Gasteiger partial charge in [0, 0.05) is 6.54 Å². The Bertz CT molecular complexity index is 611. The van der Waals surface area contributed by atoms with E-state index in [2.05, 4.69) is 9.47 Å². The van der Waals surface area contributed by atoms with E-state index in [1.54, 1.807) is 6.07 Å². The predicted octanol–water partition coefficient (Wildman–Crippen LogP) is 3.13. The average Bonchev–Trinajstić information content (AvgIpc) is 2.71. The molecule has 2 aromatic carbocycles. The fourth-order valence-electron chi connectivity index (χ4n) is 1.96. The molecule has 98 valence electrons. The van der Waals surface area contributed by atoms with E-state index in [1.807, 2.05) is 24.3 Å². The maximum Gasteiger partial charge on any atom is 0.586 e. The van der Waals surface area contributed by atoms with Crippen LogP contribution in [0.25, 0.3) is 11.1 Å². The quantitative estimate of drug-likeness (QED) is 0.905. The Labute approximate surface area is 108 Å². The second-order valence-corrected chi connectivity index (χ2v) is 4.23. The molecular formula is C14H11F2NO2. The van der Waals surface area contributed by atoms with Crippen LogP contribution >= 0.6 is 0 Å². The van der Waals surface area contributed by atoms with Crippen molar-refractivity contribution in [2.75, 3.05) is 0 Å². The van der Waals surface area contributed by atoms with Crippen LogP contribution in [0, 0.1) is 0 Å². The second kappa shape index (κ2) is 4.20. The zero-order valence-corrected chi connectivity index (χ0v) is 9.90. The van der Waals surface area contributed by atoms with Crippen molar-refractivity contribution < 1.29 is 18.3 Å². The highest BCUT2D eigenvalue weighted by atomic mass is 19.3. The Hall–Kier alpha value is -2.14. The molecule has 0 saturated heterocycles. The van der Waals surface area contributed by atoms with Crippen molar-refractivity contribution in [3.8, 4) is 22.6 Å². The lowest BCUT2D eigenvalue weighted by molar-refractivity contribution is -0.286. The van der Waals surface area contributed by atoms with Gasteiger partial charge in [0.05, 0.1) is 0 Å². The van der Waals surface area contributed by atoms with Crippen LogP contribution in [0.1, 0.15) is 5.56 Å². The van der Waals surface area contributed by atoms with Gasteiger partial charge in [-0.05, 0) is 28.8 Å². The third kappa shape index (κ3) is 2.24. The minimum atomic E-state index is -3.58. The van der Waals surface area contributed by atoms with Crippen molar-refractivity contribution in [2.45, 2.75) is 12.8 Å². The van der Waals surface area contributed by atoms with Gasteiger partial charge >= 0.3 is 6.29 Å². The van der Waals surface area contributed by atoms with Gasteiger partial charge in [-0.25, -0.2) is 0 Å². The Kier molecular flexibility index (Phi) is 2.64. The molecule has 0 fully saturated rings. The lowest BCUT2D eigenvalue weighted by atomic mass is 10.0. The molecule has 1 aliphatic rings. The van der Waals surface area contributed by atoms with E-state index in [1.165, 1.54) is 12.1 Å². The molecule has 0 aromatic heterocycles. The summed E-state index contributed by atoms with van der Waals surface area (Å²) < 4.78 is 34.6. The van der Waals surface area contributed by atoms with Crippen molar-refractivity contribution in [2.24, 2.45) is 5.73 Å². The first-order chi connectivity index (χ1) is 9.07. The fourth-order valence-corrected chi connectivity index (χ4v) is 1.96. The maximum absolute atomic E-state index is 12.9. The minimum absolute atomic E-state index is 0.0467. The number of alkyl halides is 2. The smallest absolute Gasteiger partial charge is 0.395 e. The summed E-state index contributed by atoms with van der Waals surface area (Å²) in [6.45, 7) is 0.466. The van der Waals surface area contributed by atoms with Crippen LogP contribution in [0.5, 0.6) is 11.5 Å². The molecule has 19 heavy (non-hydrogen) atoms. The van der Waals surface area contributed by atoms with Gasteiger partial charge in [0.2, 0.25) is 0 Å². The van der Waals surface area contributed by atoms with E-state index in [0.29, 0.717) is 6.54 Å². The first-order valence-electron chi connectivity index (χ1n) is 5.77. The predicted molar refractivity (Wildman–Crippen MR) is 66.0 cm³/mol. The van der Waals surface area contributed by atoms with Gasteiger partial charge < -0.3 is 15.2 Å². The summed E-state index contributed by atoms with van der Waals surface area (Å²) in [5.74, 6) is 0.0951. The molecule has 0 saturated carbocycles. The Morgan fingerprint density at radius 1 is 0.895 bits per heavy atom. The molecule has 0 amide bonds. The zero-order chi connectivity index (χ0) is 13.5. The number of hydrogen-bond donors (Lipinski definition) is 1. The van der Waals surface area contributed by atoms with Crippen LogP contribution < -0.4 is 15.2 Å². The zero-order valence-electron chi connectivity index (χ0n) is 9.90. The van der Waals surface area contributed by atoms with Crippen molar-refractivity contribution in [1.82, 2.24) is 0 Å². The molecule has 0 spiro atoms. The molecule has 0 unspecified atom stereocenters. The molecule has 0 atom stereocenters. The summed E-state index contributed by atoms with van der Waals surface area (Å²) in [6, 6.07) is 12.3. The van der Waals surface area contributed by atoms with Crippen LogP contribution in [0.2, 0.25) is 0 Å². The Morgan fingerprint density at radius 3 is 2.21 bits per heavy atom. The van der Waals surface area contributed by atoms with E-state index >= 15 is 0 Å². The summed E-state index contributed by atoms with van der Waals surface area (Å²) in [4.78, 5) is 0. The van der Waals surface area contributed by atoms with Gasteiger partial charge in [-0.3, -0.25) is 0 Å². The Morgan fingerprint density at radius 2 is 1.53 bits per heavy atom. The molecule has 2 N–H and O–H groups in total. The molecular weight excluding hydrogens is 252 g/mol. The summed E-state index contributed by atoms with van der Waals surface area (Å²) in [6.07, 6.45) is -3.58. The van der Waals surface area contributed by atoms with Crippen molar-refractivity contribution in [3.05, 3.63) is 48.0 Å². The number of halogens is 2.